The maximum atomic E-state index is 12.6. The normalized spacial score (nSPS) is 18.3. The van der Waals surface area contributed by atoms with Gasteiger partial charge in [0.1, 0.15) is 13.2 Å². The molecule has 0 atom stereocenters. The van der Waals surface area contributed by atoms with E-state index in [0.717, 1.165) is 16.6 Å². The molecule has 2 aliphatic heterocycles. The predicted octanol–water partition coefficient (Wildman–Crippen LogP) is 4.41. The van der Waals surface area contributed by atoms with Crippen molar-refractivity contribution in [3.8, 4) is 11.5 Å². The minimum atomic E-state index is -0.297. The number of benzene rings is 1. The Bertz CT molecular complexity index is 879. The Labute approximate surface area is 157 Å². The van der Waals surface area contributed by atoms with Crippen LogP contribution in [0.15, 0.2) is 34.6 Å². The van der Waals surface area contributed by atoms with Crippen LogP contribution in [0.1, 0.15) is 10.4 Å². The van der Waals surface area contributed by atoms with Crippen molar-refractivity contribution in [3.63, 3.8) is 0 Å². The zero-order valence-corrected chi connectivity index (χ0v) is 15.2. The predicted molar refractivity (Wildman–Crippen MR) is 98.3 cm³/mol. The molecular formula is C17H12ClNO4S2. The molecule has 8 heteroatoms. The molecule has 1 aromatic carbocycles. The second-order valence-corrected chi connectivity index (χ2v) is 7.76. The fourth-order valence-electron chi connectivity index (χ4n) is 2.58. The summed E-state index contributed by atoms with van der Waals surface area (Å²) < 4.78 is 11.0. The molecule has 0 radical (unpaired) electrons. The highest BCUT2D eigenvalue weighted by molar-refractivity contribution is 8.18. The molecule has 0 bridgehead atoms. The molecule has 1 aromatic heterocycles. The van der Waals surface area contributed by atoms with Crippen LogP contribution in [0.5, 0.6) is 11.5 Å². The van der Waals surface area contributed by atoms with Crippen LogP contribution in [-0.2, 0) is 11.3 Å². The van der Waals surface area contributed by atoms with Gasteiger partial charge < -0.3 is 9.47 Å². The average molecular weight is 394 g/mol. The van der Waals surface area contributed by atoms with Crippen molar-refractivity contribution in [1.82, 2.24) is 4.90 Å². The first-order valence-electron chi connectivity index (χ1n) is 7.49. The van der Waals surface area contributed by atoms with Gasteiger partial charge in [-0.2, -0.15) is 0 Å². The van der Waals surface area contributed by atoms with Gasteiger partial charge in [-0.25, -0.2) is 0 Å². The third kappa shape index (κ3) is 3.27. The molecule has 2 aliphatic rings. The summed E-state index contributed by atoms with van der Waals surface area (Å²) in [6.07, 6.45) is 1.74. The SMILES string of the molecule is O=C1S/C(=C\c2cccs2)C(=O)N1Cc1cc(Cl)c2c(c1)OCCO2. The Kier molecular flexibility index (Phi) is 4.45. The fraction of sp³-hybridized carbons (Fsp3) is 0.176. The van der Waals surface area contributed by atoms with E-state index >= 15 is 0 Å². The molecule has 2 aromatic rings. The van der Waals surface area contributed by atoms with Crippen molar-refractivity contribution in [3.05, 3.63) is 50.0 Å². The number of carbonyl (C=O) groups excluding carboxylic acids is 2. The molecule has 4 rings (SSSR count). The highest BCUT2D eigenvalue weighted by atomic mass is 35.5. The van der Waals surface area contributed by atoms with Crippen molar-refractivity contribution >= 4 is 51.9 Å². The Hall–Kier alpha value is -1.96. The zero-order chi connectivity index (χ0) is 17.4. The molecule has 128 valence electrons. The molecule has 1 saturated heterocycles. The Balaban J connectivity index is 1.58. The summed E-state index contributed by atoms with van der Waals surface area (Å²) in [7, 11) is 0. The lowest BCUT2D eigenvalue weighted by molar-refractivity contribution is -0.123. The lowest BCUT2D eigenvalue weighted by Gasteiger charge is -2.21. The van der Waals surface area contributed by atoms with Gasteiger partial charge >= 0.3 is 0 Å². The third-order valence-corrected chi connectivity index (χ3v) is 5.69. The maximum Gasteiger partial charge on any atom is 0.293 e. The van der Waals surface area contributed by atoms with Crippen LogP contribution in [0.4, 0.5) is 4.79 Å². The first-order valence-corrected chi connectivity index (χ1v) is 9.56. The number of nitrogens with zero attached hydrogens (tertiary/aromatic N) is 1. The van der Waals surface area contributed by atoms with E-state index in [4.69, 9.17) is 21.1 Å². The molecule has 0 aliphatic carbocycles. The number of hydrogen-bond acceptors (Lipinski definition) is 6. The largest absolute Gasteiger partial charge is 0.486 e. The van der Waals surface area contributed by atoms with E-state index in [2.05, 4.69) is 0 Å². The van der Waals surface area contributed by atoms with Crippen molar-refractivity contribution < 1.29 is 19.1 Å². The number of imide groups is 1. The van der Waals surface area contributed by atoms with Crippen molar-refractivity contribution in [2.24, 2.45) is 0 Å². The lowest BCUT2D eigenvalue weighted by atomic mass is 10.1. The van der Waals surface area contributed by atoms with Gasteiger partial charge in [0.25, 0.3) is 11.1 Å². The number of carbonyl (C=O) groups is 2. The minimum absolute atomic E-state index is 0.142. The van der Waals surface area contributed by atoms with Crippen LogP contribution in [0, 0.1) is 0 Å². The van der Waals surface area contributed by atoms with Gasteiger partial charge in [-0.3, -0.25) is 14.5 Å². The number of hydrogen-bond donors (Lipinski definition) is 0. The molecule has 0 unspecified atom stereocenters. The molecule has 3 heterocycles. The monoisotopic (exact) mass is 393 g/mol. The van der Waals surface area contributed by atoms with Crippen molar-refractivity contribution in [2.45, 2.75) is 6.54 Å². The number of halogens is 1. The first kappa shape index (κ1) is 16.5. The fourth-order valence-corrected chi connectivity index (χ4v) is 4.43. The number of rotatable bonds is 3. The average Bonchev–Trinajstić information content (AvgIpc) is 3.19. The van der Waals surface area contributed by atoms with Gasteiger partial charge in [0, 0.05) is 4.88 Å². The van der Waals surface area contributed by atoms with Crippen LogP contribution >= 0.6 is 34.7 Å². The maximum absolute atomic E-state index is 12.6. The molecule has 25 heavy (non-hydrogen) atoms. The summed E-state index contributed by atoms with van der Waals surface area (Å²) in [6, 6.07) is 7.25. The highest BCUT2D eigenvalue weighted by Crippen LogP contribution is 2.40. The first-order chi connectivity index (χ1) is 12.1. The van der Waals surface area contributed by atoms with Crippen molar-refractivity contribution in [2.75, 3.05) is 13.2 Å². The summed E-state index contributed by atoms with van der Waals surface area (Å²) in [6.45, 7) is 1.03. The Morgan fingerprint density at radius 2 is 2.08 bits per heavy atom. The number of fused-ring (bicyclic) bond motifs is 1. The van der Waals surface area contributed by atoms with Gasteiger partial charge in [-0.05, 0) is 47.0 Å². The van der Waals surface area contributed by atoms with E-state index in [0.29, 0.717) is 40.2 Å². The minimum Gasteiger partial charge on any atom is -0.486 e. The van der Waals surface area contributed by atoms with Crippen LogP contribution in [-0.4, -0.2) is 29.3 Å². The van der Waals surface area contributed by atoms with Crippen LogP contribution in [0.3, 0.4) is 0 Å². The quantitative estimate of drug-likeness (QED) is 0.723. The standard InChI is InChI=1S/C17H12ClNO4S2/c18-12-6-10(7-13-15(12)23-4-3-22-13)9-19-16(20)14(25-17(19)21)8-11-2-1-5-24-11/h1-2,5-8H,3-4,9H2/b14-8-. The second-order valence-electron chi connectivity index (χ2n) is 5.39. The van der Waals surface area contributed by atoms with Gasteiger partial charge in [0.15, 0.2) is 11.5 Å². The van der Waals surface area contributed by atoms with Crippen LogP contribution < -0.4 is 9.47 Å². The van der Waals surface area contributed by atoms with Crippen LogP contribution in [0.25, 0.3) is 6.08 Å². The number of thiophene rings is 1. The molecule has 2 amide bonds. The third-order valence-electron chi connectivity index (χ3n) is 3.69. The van der Waals surface area contributed by atoms with Crippen molar-refractivity contribution in [1.29, 1.82) is 0 Å². The van der Waals surface area contributed by atoms with E-state index in [9.17, 15) is 9.59 Å². The van der Waals surface area contributed by atoms with Gasteiger partial charge in [0.05, 0.1) is 16.5 Å². The second kappa shape index (κ2) is 6.74. The summed E-state index contributed by atoms with van der Waals surface area (Å²) in [5.74, 6) is 0.743. The molecular weight excluding hydrogens is 382 g/mol. The Morgan fingerprint density at radius 3 is 2.88 bits per heavy atom. The number of thioether (sulfide) groups is 1. The van der Waals surface area contributed by atoms with Gasteiger partial charge in [0.2, 0.25) is 0 Å². The van der Waals surface area contributed by atoms with E-state index in [-0.39, 0.29) is 17.7 Å². The van der Waals surface area contributed by atoms with E-state index in [1.807, 2.05) is 17.5 Å². The zero-order valence-electron chi connectivity index (χ0n) is 12.9. The smallest absolute Gasteiger partial charge is 0.293 e. The summed E-state index contributed by atoms with van der Waals surface area (Å²) in [4.78, 5) is 27.4. The van der Waals surface area contributed by atoms with Gasteiger partial charge in [-0.1, -0.05) is 17.7 Å². The van der Waals surface area contributed by atoms with Gasteiger partial charge in [-0.15, -0.1) is 11.3 Å². The molecule has 0 N–H and O–H groups in total. The molecule has 0 saturated carbocycles. The van der Waals surface area contributed by atoms with E-state index in [1.165, 1.54) is 16.2 Å². The summed E-state index contributed by atoms with van der Waals surface area (Å²) in [5, 5.41) is 2.04. The lowest BCUT2D eigenvalue weighted by Crippen LogP contribution is -2.27. The molecule has 5 nitrogen and oxygen atoms in total. The topological polar surface area (TPSA) is 55.8 Å². The highest BCUT2D eigenvalue weighted by Gasteiger charge is 2.35. The van der Waals surface area contributed by atoms with E-state index < -0.39 is 0 Å². The molecule has 1 fully saturated rings. The molecule has 0 spiro atoms. The summed E-state index contributed by atoms with van der Waals surface area (Å²) >= 11 is 8.69. The Morgan fingerprint density at radius 1 is 1.24 bits per heavy atom. The number of amides is 2. The van der Waals surface area contributed by atoms with E-state index in [1.54, 1.807) is 18.2 Å². The summed E-state index contributed by atoms with van der Waals surface area (Å²) in [5.41, 5.74) is 0.717. The number of ether oxygens (including phenoxy) is 2. The van der Waals surface area contributed by atoms with Crippen LogP contribution in [0.2, 0.25) is 5.02 Å².